The van der Waals surface area contributed by atoms with Crippen molar-refractivity contribution in [1.29, 1.82) is 0 Å². The molecule has 0 unspecified atom stereocenters. The molecular formula is C19H31N5O2. The van der Waals surface area contributed by atoms with Gasteiger partial charge >= 0.3 is 0 Å². The minimum absolute atomic E-state index is 0.201. The van der Waals surface area contributed by atoms with Gasteiger partial charge in [-0.2, -0.15) is 0 Å². The molecule has 1 rings (SSSR count). The number of amides is 2. The number of hydrogen-bond donors (Lipinski definition) is 5. The van der Waals surface area contributed by atoms with E-state index in [2.05, 4.69) is 21.3 Å². The number of hydrogen-bond acceptors (Lipinski definition) is 5. The Hall–Kier alpha value is -2.38. The first-order chi connectivity index (χ1) is 12.3. The molecule has 144 valence electrons. The summed E-state index contributed by atoms with van der Waals surface area (Å²) < 4.78 is 0. The molecule has 0 atom stereocenters. The molecule has 2 amide bonds. The topological polar surface area (TPSA) is 108 Å². The first kappa shape index (κ1) is 21.7. The van der Waals surface area contributed by atoms with Crippen molar-refractivity contribution in [2.45, 2.75) is 26.7 Å². The third-order valence-corrected chi connectivity index (χ3v) is 3.82. The molecule has 6 N–H and O–H groups in total. The molecule has 26 heavy (non-hydrogen) atoms. The van der Waals surface area contributed by atoms with E-state index >= 15 is 0 Å². The van der Waals surface area contributed by atoms with Gasteiger partial charge in [0.05, 0.1) is 0 Å². The van der Waals surface area contributed by atoms with Crippen LogP contribution in [0.4, 0.5) is 5.69 Å². The lowest BCUT2D eigenvalue weighted by Crippen LogP contribution is -2.38. The van der Waals surface area contributed by atoms with Crippen LogP contribution in [-0.2, 0) is 9.59 Å². The van der Waals surface area contributed by atoms with E-state index in [1.54, 1.807) is 19.2 Å². The van der Waals surface area contributed by atoms with Gasteiger partial charge in [-0.1, -0.05) is 32.0 Å². The minimum Gasteiger partial charge on any atom is -0.390 e. The van der Waals surface area contributed by atoms with E-state index in [-0.39, 0.29) is 29.3 Å². The van der Waals surface area contributed by atoms with Crippen LogP contribution in [0.2, 0.25) is 0 Å². The van der Waals surface area contributed by atoms with Crippen molar-refractivity contribution in [2.24, 2.45) is 11.1 Å². The summed E-state index contributed by atoms with van der Waals surface area (Å²) in [7, 11) is 3.55. The molecule has 0 spiro atoms. The van der Waals surface area contributed by atoms with Gasteiger partial charge in [-0.05, 0) is 31.1 Å². The average Bonchev–Trinajstić information content (AvgIpc) is 2.58. The first-order valence-corrected chi connectivity index (χ1v) is 8.74. The SMILES string of the molecule is CNCC(C)(C)CC(=O)N/C(C(=O)Nc1ccccc1)=C(\CCN)NC. The zero-order chi connectivity index (χ0) is 19.6. The number of anilines is 1. The molecule has 0 fully saturated rings. The second-order valence-electron chi connectivity index (χ2n) is 6.88. The van der Waals surface area contributed by atoms with Crippen molar-refractivity contribution in [2.75, 3.05) is 32.5 Å². The van der Waals surface area contributed by atoms with Crippen LogP contribution in [0.5, 0.6) is 0 Å². The highest BCUT2D eigenvalue weighted by molar-refractivity contribution is 6.06. The second-order valence-corrected chi connectivity index (χ2v) is 6.88. The lowest BCUT2D eigenvalue weighted by Gasteiger charge is -2.24. The van der Waals surface area contributed by atoms with Crippen LogP contribution >= 0.6 is 0 Å². The predicted octanol–water partition coefficient (Wildman–Crippen LogP) is 1.16. The van der Waals surface area contributed by atoms with Gasteiger partial charge in [0.1, 0.15) is 5.70 Å². The molecule has 0 saturated heterocycles. The number of carbonyl (C=O) groups is 2. The molecule has 0 aromatic heterocycles. The molecule has 0 aliphatic rings. The molecular weight excluding hydrogens is 330 g/mol. The maximum atomic E-state index is 12.7. The summed E-state index contributed by atoms with van der Waals surface area (Å²) in [6, 6.07) is 9.10. The predicted molar refractivity (Wildman–Crippen MR) is 105 cm³/mol. The highest BCUT2D eigenvalue weighted by Gasteiger charge is 2.24. The van der Waals surface area contributed by atoms with Crippen LogP contribution in [0.15, 0.2) is 41.7 Å². The summed E-state index contributed by atoms with van der Waals surface area (Å²) in [6.45, 7) is 5.04. The number of nitrogens with two attached hydrogens (primary N) is 1. The van der Waals surface area contributed by atoms with Crippen LogP contribution in [0, 0.1) is 5.41 Å². The Balaban J connectivity index is 2.98. The van der Waals surface area contributed by atoms with E-state index < -0.39 is 0 Å². The number of carbonyl (C=O) groups excluding carboxylic acids is 2. The Bertz CT molecular complexity index is 626. The Morgan fingerprint density at radius 2 is 1.77 bits per heavy atom. The molecule has 7 heteroatoms. The summed E-state index contributed by atoms with van der Waals surface area (Å²) >= 11 is 0. The lowest BCUT2D eigenvalue weighted by molar-refractivity contribution is -0.124. The van der Waals surface area contributed by atoms with Gasteiger partial charge in [0.15, 0.2) is 0 Å². The highest BCUT2D eigenvalue weighted by Crippen LogP contribution is 2.19. The first-order valence-electron chi connectivity index (χ1n) is 8.74. The van der Waals surface area contributed by atoms with Gasteiger partial charge < -0.3 is 27.0 Å². The number of para-hydroxylation sites is 1. The van der Waals surface area contributed by atoms with Crippen molar-refractivity contribution in [3.63, 3.8) is 0 Å². The molecule has 7 nitrogen and oxygen atoms in total. The zero-order valence-electron chi connectivity index (χ0n) is 16.1. The molecule has 0 heterocycles. The van der Waals surface area contributed by atoms with E-state index in [1.165, 1.54) is 0 Å². The standard InChI is InChI=1S/C19H31N5O2/c1-19(2,13-21-3)12-16(25)24-17(15(22-4)10-11-20)18(26)23-14-8-6-5-7-9-14/h5-9,21-22H,10-13,20H2,1-4H3,(H,23,26)(H,24,25)/b17-15+. The molecule has 1 aromatic rings. The van der Waals surface area contributed by atoms with E-state index in [1.807, 2.05) is 39.1 Å². The zero-order valence-corrected chi connectivity index (χ0v) is 16.1. The van der Waals surface area contributed by atoms with Gasteiger partial charge in [-0.25, -0.2) is 0 Å². The fourth-order valence-corrected chi connectivity index (χ4v) is 2.66. The van der Waals surface area contributed by atoms with Gasteiger partial charge in [-0.3, -0.25) is 9.59 Å². The number of rotatable bonds is 10. The summed E-state index contributed by atoms with van der Waals surface area (Å²) in [5, 5.41) is 11.6. The maximum Gasteiger partial charge on any atom is 0.273 e. The maximum absolute atomic E-state index is 12.7. The smallest absolute Gasteiger partial charge is 0.273 e. The Kier molecular flexibility index (Phi) is 8.81. The average molecular weight is 361 g/mol. The van der Waals surface area contributed by atoms with E-state index in [9.17, 15) is 9.59 Å². The summed E-state index contributed by atoms with van der Waals surface area (Å²) in [6.07, 6.45) is 0.740. The van der Waals surface area contributed by atoms with Crippen LogP contribution in [-0.4, -0.2) is 39.0 Å². The van der Waals surface area contributed by atoms with Gasteiger partial charge in [0.25, 0.3) is 5.91 Å². The number of benzene rings is 1. The largest absolute Gasteiger partial charge is 0.390 e. The van der Waals surface area contributed by atoms with Gasteiger partial charge in [0.2, 0.25) is 5.91 Å². The monoisotopic (exact) mass is 361 g/mol. The molecule has 0 bridgehead atoms. The fourth-order valence-electron chi connectivity index (χ4n) is 2.66. The third kappa shape index (κ3) is 7.25. The molecule has 0 aliphatic heterocycles. The van der Waals surface area contributed by atoms with Crippen molar-refractivity contribution in [3.8, 4) is 0 Å². The van der Waals surface area contributed by atoms with E-state index in [0.29, 0.717) is 30.9 Å². The minimum atomic E-state index is -0.381. The molecule has 0 radical (unpaired) electrons. The van der Waals surface area contributed by atoms with Crippen LogP contribution < -0.4 is 27.0 Å². The van der Waals surface area contributed by atoms with Crippen LogP contribution in [0.1, 0.15) is 26.7 Å². The van der Waals surface area contributed by atoms with Crippen LogP contribution in [0.25, 0.3) is 0 Å². The van der Waals surface area contributed by atoms with Crippen molar-refractivity contribution in [1.82, 2.24) is 16.0 Å². The molecule has 1 aromatic carbocycles. The summed E-state index contributed by atoms with van der Waals surface area (Å²) in [5.41, 5.74) is 6.87. The fraction of sp³-hybridized carbons (Fsp3) is 0.474. The Morgan fingerprint density at radius 1 is 1.12 bits per heavy atom. The van der Waals surface area contributed by atoms with Crippen molar-refractivity contribution < 1.29 is 9.59 Å². The lowest BCUT2D eigenvalue weighted by atomic mass is 9.89. The normalized spacial score (nSPS) is 12.2. The van der Waals surface area contributed by atoms with Crippen LogP contribution in [0.3, 0.4) is 0 Å². The van der Waals surface area contributed by atoms with Crippen molar-refractivity contribution >= 4 is 17.5 Å². The van der Waals surface area contributed by atoms with E-state index in [4.69, 9.17) is 5.73 Å². The Labute approximate surface area is 155 Å². The van der Waals surface area contributed by atoms with Gasteiger partial charge in [0, 0.05) is 37.8 Å². The van der Waals surface area contributed by atoms with E-state index in [0.717, 1.165) is 0 Å². The molecule has 0 saturated carbocycles. The summed E-state index contributed by atoms with van der Waals surface area (Å²) in [4.78, 5) is 25.3. The quantitative estimate of drug-likeness (QED) is 0.402. The third-order valence-electron chi connectivity index (χ3n) is 3.82. The number of nitrogens with one attached hydrogen (secondary N) is 4. The van der Waals surface area contributed by atoms with Gasteiger partial charge in [-0.15, -0.1) is 0 Å². The Morgan fingerprint density at radius 3 is 2.31 bits per heavy atom. The second kappa shape index (κ2) is 10.6. The summed E-state index contributed by atoms with van der Waals surface area (Å²) in [5.74, 6) is -0.595. The highest BCUT2D eigenvalue weighted by atomic mass is 16.2. The van der Waals surface area contributed by atoms with Crippen molar-refractivity contribution in [3.05, 3.63) is 41.7 Å². The molecule has 0 aliphatic carbocycles.